The van der Waals surface area contributed by atoms with E-state index in [0.717, 1.165) is 12.8 Å². The van der Waals surface area contributed by atoms with Crippen LogP contribution in [0.4, 0.5) is 13.2 Å². The Labute approximate surface area is 112 Å². The number of carbonyl (C=O) groups is 1. The molecule has 1 aliphatic rings. The molecule has 1 fully saturated rings. The minimum Gasteiger partial charge on any atom is -0.353 e. The molecule has 0 aliphatic carbocycles. The van der Waals surface area contributed by atoms with Gasteiger partial charge in [0.05, 0.1) is 0 Å². The molecule has 1 rings (SSSR count). The maximum Gasteiger partial charge on any atom is 0.404 e. The fourth-order valence-electron chi connectivity index (χ4n) is 2.72. The van der Waals surface area contributed by atoms with Crippen molar-refractivity contribution in [1.29, 1.82) is 0 Å². The summed E-state index contributed by atoms with van der Waals surface area (Å²) in [4.78, 5) is 12.1. The van der Waals surface area contributed by atoms with Crippen LogP contribution in [-0.4, -0.2) is 31.2 Å². The maximum atomic E-state index is 13.2. The number of rotatable bonds is 5. The average Bonchev–Trinajstić information content (AvgIpc) is 2.80. The fourth-order valence-corrected chi connectivity index (χ4v) is 2.72. The minimum absolute atomic E-state index is 0.183. The Balaban J connectivity index is 2.80. The lowest BCUT2D eigenvalue weighted by Gasteiger charge is -2.32. The van der Waals surface area contributed by atoms with Crippen LogP contribution >= 0.6 is 0 Å². The highest BCUT2D eigenvalue weighted by Crippen LogP contribution is 2.43. The van der Waals surface area contributed by atoms with Gasteiger partial charge in [0.1, 0.15) is 0 Å². The summed E-state index contributed by atoms with van der Waals surface area (Å²) < 4.78 is 39.5. The van der Waals surface area contributed by atoms with E-state index >= 15 is 0 Å². The van der Waals surface area contributed by atoms with E-state index in [1.165, 1.54) is 0 Å². The van der Waals surface area contributed by atoms with Gasteiger partial charge in [-0.1, -0.05) is 26.7 Å². The summed E-state index contributed by atoms with van der Waals surface area (Å²) in [5, 5.41) is 5.22. The lowest BCUT2D eigenvalue weighted by molar-refractivity contribution is -0.216. The molecule has 0 bridgehead atoms. The molecule has 0 aromatic heterocycles. The molecule has 0 saturated carbocycles. The normalized spacial score (nSPS) is 25.6. The molecule has 0 aromatic rings. The van der Waals surface area contributed by atoms with Gasteiger partial charge < -0.3 is 10.6 Å². The number of carbonyl (C=O) groups excluding carboxylic acids is 1. The van der Waals surface area contributed by atoms with Gasteiger partial charge in [0.15, 0.2) is 5.41 Å². The summed E-state index contributed by atoms with van der Waals surface area (Å²) in [6, 6.07) is -0.234. The van der Waals surface area contributed by atoms with E-state index < -0.39 is 17.5 Å². The molecule has 1 saturated heterocycles. The zero-order chi connectivity index (χ0) is 14.7. The molecule has 1 amide bonds. The predicted molar refractivity (Wildman–Crippen MR) is 67.7 cm³/mol. The van der Waals surface area contributed by atoms with Gasteiger partial charge in [-0.25, -0.2) is 0 Å². The monoisotopic (exact) mass is 280 g/mol. The number of alkyl halides is 3. The van der Waals surface area contributed by atoms with Gasteiger partial charge in [0, 0.05) is 12.6 Å². The van der Waals surface area contributed by atoms with Gasteiger partial charge in [-0.15, -0.1) is 0 Å². The topological polar surface area (TPSA) is 41.1 Å². The Bertz CT molecular complexity index is 308. The Morgan fingerprint density at radius 3 is 2.32 bits per heavy atom. The Morgan fingerprint density at radius 2 is 1.95 bits per heavy atom. The summed E-state index contributed by atoms with van der Waals surface area (Å²) in [6.07, 6.45) is -3.00. The SMILES string of the molecule is CCC(CC)C(C)NC(=O)C1(C(F)(F)F)CCNC1. The van der Waals surface area contributed by atoms with E-state index in [2.05, 4.69) is 10.6 Å². The predicted octanol–water partition coefficient (Wildman–Crippen LogP) is 2.47. The molecule has 1 aliphatic heterocycles. The molecular weight excluding hydrogens is 257 g/mol. The van der Waals surface area contributed by atoms with Crippen molar-refractivity contribution in [2.45, 2.75) is 52.3 Å². The number of nitrogens with one attached hydrogen (secondary N) is 2. The first-order valence-electron chi connectivity index (χ1n) is 6.87. The third-order valence-corrected chi connectivity index (χ3v) is 4.25. The van der Waals surface area contributed by atoms with E-state index in [-0.39, 0.29) is 31.5 Å². The number of hydrogen-bond donors (Lipinski definition) is 2. The molecule has 0 spiro atoms. The second-order valence-corrected chi connectivity index (χ2v) is 5.35. The highest BCUT2D eigenvalue weighted by molar-refractivity contribution is 5.84. The van der Waals surface area contributed by atoms with E-state index in [0.29, 0.717) is 0 Å². The molecule has 1 heterocycles. The number of amides is 1. The smallest absolute Gasteiger partial charge is 0.353 e. The van der Waals surface area contributed by atoms with Crippen molar-refractivity contribution in [3.05, 3.63) is 0 Å². The van der Waals surface area contributed by atoms with Gasteiger partial charge in [-0.3, -0.25) is 4.79 Å². The third-order valence-electron chi connectivity index (χ3n) is 4.25. The zero-order valence-electron chi connectivity index (χ0n) is 11.7. The largest absolute Gasteiger partial charge is 0.404 e. The molecule has 0 radical (unpaired) electrons. The highest BCUT2D eigenvalue weighted by atomic mass is 19.4. The summed E-state index contributed by atoms with van der Waals surface area (Å²) in [5.74, 6) is -0.673. The Morgan fingerprint density at radius 1 is 1.37 bits per heavy atom. The quantitative estimate of drug-likeness (QED) is 0.812. The van der Waals surface area contributed by atoms with Crippen molar-refractivity contribution >= 4 is 5.91 Å². The molecule has 112 valence electrons. The summed E-state index contributed by atoms with van der Waals surface area (Å²) >= 11 is 0. The van der Waals surface area contributed by atoms with Crippen molar-refractivity contribution in [1.82, 2.24) is 10.6 Å². The molecule has 2 unspecified atom stereocenters. The highest BCUT2D eigenvalue weighted by Gasteiger charge is 2.61. The van der Waals surface area contributed by atoms with Crippen LogP contribution < -0.4 is 10.6 Å². The van der Waals surface area contributed by atoms with Crippen molar-refractivity contribution in [2.75, 3.05) is 13.1 Å². The Kier molecular flexibility index (Phi) is 5.24. The third kappa shape index (κ3) is 3.22. The van der Waals surface area contributed by atoms with Crippen molar-refractivity contribution in [3.8, 4) is 0 Å². The van der Waals surface area contributed by atoms with Crippen LogP contribution in [0.5, 0.6) is 0 Å². The van der Waals surface area contributed by atoms with Crippen LogP contribution in [0.15, 0.2) is 0 Å². The van der Waals surface area contributed by atoms with E-state index in [9.17, 15) is 18.0 Å². The molecule has 2 N–H and O–H groups in total. The van der Waals surface area contributed by atoms with Gasteiger partial charge >= 0.3 is 6.18 Å². The molecule has 19 heavy (non-hydrogen) atoms. The number of hydrogen-bond acceptors (Lipinski definition) is 2. The molecule has 6 heteroatoms. The van der Waals surface area contributed by atoms with Gasteiger partial charge in [-0.05, 0) is 25.8 Å². The summed E-state index contributed by atoms with van der Waals surface area (Å²) in [5.41, 5.74) is -2.26. The van der Waals surface area contributed by atoms with Crippen LogP contribution in [0.2, 0.25) is 0 Å². The molecule has 3 nitrogen and oxygen atoms in total. The van der Waals surface area contributed by atoms with Crippen LogP contribution in [0.1, 0.15) is 40.0 Å². The Hall–Kier alpha value is -0.780. The first-order chi connectivity index (χ1) is 8.78. The molecular formula is C13H23F3N2O. The lowest BCUT2D eigenvalue weighted by Crippen LogP contribution is -2.55. The van der Waals surface area contributed by atoms with Gasteiger partial charge in [0.25, 0.3) is 0 Å². The fraction of sp³-hybridized carbons (Fsp3) is 0.923. The van der Waals surface area contributed by atoms with Gasteiger partial charge in [0.2, 0.25) is 5.91 Å². The van der Waals surface area contributed by atoms with Crippen LogP contribution in [-0.2, 0) is 4.79 Å². The average molecular weight is 280 g/mol. The van der Waals surface area contributed by atoms with Crippen molar-refractivity contribution in [2.24, 2.45) is 11.3 Å². The van der Waals surface area contributed by atoms with E-state index in [4.69, 9.17) is 0 Å². The van der Waals surface area contributed by atoms with Crippen molar-refractivity contribution in [3.63, 3.8) is 0 Å². The van der Waals surface area contributed by atoms with Crippen molar-refractivity contribution < 1.29 is 18.0 Å². The van der Waals surface area contributed by atoms with Crippen LogP contribution in [0.25, 0.3) is 0 Å². The zero-order valence-corrected chi connectivity index (χ0v) is 11.7. The first-order valence-corrected chi connectivity index (χ1v) is 6.87. The van der Waals surface area contributed by atoms with Gasteiger partial charge in [-0.2, -0.15) is 13.2 Å². The van der Waals surface area contributed by atoms with E-state index in [1.807, 2.05) is 13.8 Å². The second-order valence-electron chi connectivity index (χ2n) is 5.35. The van der Waals surface area contributed by atoms with Crippen LogP contribution in [0.3, 0.4) is 0 Å². The molecule has 0 aromatic carbocycles. The molecule has 2 atom stereocenters. The maximum absolute atomic E-state index is 13.2. The lowest BCUT2D eigenvalue weighted by atomic mass is 9.84. The first kappa shape index (κ1) is 16.3. The summed E-state index contributed by atoms with van der Waals surface area (Å²) in [7, 11) is 0. The second kappa shape index (κ2) is 6.11. The minimum atomic E-state index is -4.51. The standard InChI is InChI=1S/C13H23F3N2O/c1-4-10(5-2)9(3)18-11(19)12(13(14,15)16)6-7-17-8-12/h9-10,17H,4-8H2,1-3H3,(H,18,19). The van der Waals surface area contributed by atoms with Crippen LogP contribution in [0, 0.1) is 11.3 Å². The number of halogens is 3. The van der Waals surface area contributed by atoms with E-state index in [1.54, 1.807) is 6.92 Å². The summed E-state index contributed by atoms with van der Waals surface area (Å²) in [6.45, 7) is 5.65.